The first-order chi connectivity index (χ1) is 21.9. The summed E-state index contributed by atoms with van der Waals surface area (Å²) in [5.74, 6) is -3.75. The number of hydrogen-bond acceptors (Lipinski definition) is 11. The number of halogens is 1. The molecular formula is C31H50BFN2O11. The first kappa shape index (κ1) is 37.7. The number of ether oxygens (including phenoxy) is 6. The van der Waals surface area contributed by atoms with Gasteiger partial charge in [0.1, 0.15) is 38.4 Å². The predicted octanol–water partition coefficient (Wildman–Crippen LogP) is 2.01. The van der Waals surface area contributed by atoms with E-state index in [4.69, 9.17) is 37.6 Å². The summed E-state index contributed by atoms with van der Waals surface area (Å²) in [6.45, 7) is 12.0. The van der Waals surface area contributed by atoms with Gasteiger partial charge in [-0.1, -0.05) is 20.8 Å². The van der Waals surface area contributed by atoms with Crippen LogP contribution in [0.2, 0.25) is 0 Å². The highest BCUT2D eigenvalue weighted by atomic mass is 19.1. The van der Waals surface area contributed by atoms with Gasteiger partial charge in [0, 0.05) is 33.2 Å². The van der Waals surface area contributed by atoms with Gasteiger partial charge < -0.3 is 39.1 Å². The molecule has 15 heteroatoms. The van der Waals surface area contributed by atoms with Gasteiger partial charge in [-0.05, 0) is 39.5 Å². The average molecular weight is 658 g/mol. The summed E-state index contributed by atoms with van der Waals surface area (Å²) in [7, 11) is 6.21. The number of carbonyl (C=O) groups is 5. The van der Waals surface area contributed by atoms with Gasteiger partial charge in [-0.15, -0.1) is 0 Å². The molecule has 0 aromatic carbocycles. The van der Waals surface area contributed by atoms with Gasteiger partial charge in [-0.3, -0.25) is 24.0 Å². The number of alkyl halides is 1. The van der Waals surface area contributed by atoms with Gasteiger partial charge in [0.15, 0.2) is 6.29 Å². The maximum absolute atomic E-state index is 13.3. The van der Waals surface area contributed by atoms with Crippen molar-refractivity contribution in [3.8, 4) is 0 Å². The molecule has 2 fully saturated rings. The van der Waals surface area contributed by atoms with E-state index in [9.17, 15) is 28.4 Å². The second kappa shape index (κ2) is 18.5. The molecule has 2 saturated heterocycles. The number of rotatable bonds is 15. The minimum atomic E-state index is -1.34. The molecule has 4 unspecified atom stereocenters. The number of nitrogens with one attached hydrogen (secondary N) is 2. The maximum Gasteiger partial charge on any atom is 0.309 e. The molecule has 2 rings (SSSR count). The van der Waals surface area contributed by atoms with Crippen LogP contribution in [0.15, 0.2) is 0 Å². The fourth-order valence-electron chi connectivity index (χ4n) is 5.69. The van der Waals surface area contributed by atoms with Crippen LogP contribution in [0.4, 0.5) is 4.39 Å². The second-order valence-corrected chi connectivity index (χ2v) is 12.2. The molecule has 2 aliphatic heterocycles. The Balaban J connectivity index is 2.26. The second-order valence-electron chi connectivity index (χ2n) is 12.2. The third-order valence-corrected chi connectivity index (χ3v) is 7.71. The van der Waals surface area contributed by atoms with Crippen LogP contribution in [0.5, 0.6) is 0 Å². The summed E-state index contributed by atoms with van der Waals surface area (Å²) in [6, 6.07) is -2.78. The van der Waals surface area contributed by atoms with Crippen molar-refractivity contribution in [2.24, 2.45) is 11.8 Å². The molecule has 0 aliphatic carbocycles. The Morgan fingerprint density at radius 3 is 2.07 bits per heavy atom. The molecule has 260 valence electrons. The number of hydrogen-bond donors (Lipinski definition) is 2. The van der Waals surface area contributed by atoms with Gasteiger partial charge in [0.05, 0.1) is 38.1 Å². The van der Waals surface area contributed by atoms with Crippen molar-refractivity contribution in [2.45, 2.75) is 149 Å². The van der Waals surface area contributed by atoms with Gasteiger partial charge >= 0.3 is 17.9 Å². The highest BCUT2D eigenvalue weighted by Gasteiger charge is 2.47. The van der Waals surface area contributed by atoms with E-state index in [-0.39, 0.29) is 25.9 Å². The lowest BCUT2D eigenvalue weighted by Gasteiger charge is -2.46. The third-order valence-electron chi connectivity index (χ3n) is 7.71. The zero-order chi connectivity index (χ0) is 35.6. The molecule has 13 atom stereocenters. The number of esters is 3. The van der Waals surface area contributed by atoms with Gasteiger partial charge in [-0.25, -0.2) is 4.39 Å². The zero-order valence-electron chi connectivity index (χ0n) is 29.0. The molecule has 0 aromatic rings. The molecule has 0 saturated carbocycles. The highest BCUT2D eigenvalue weighted by Crippen LogP contribution is 2.32. The Morgan fingerprint density at radius 2 is 1.50 bits per heavy atom. The lowest BCUT2D eigenvalue weighted by atomic mass is 9.79. The van der Waals surface area contributed by atoms with Crippen LogP contribution in [0, 0.1) is 11.8 Å². The molecular weight excluding hydrogens is 606 g/mol. The zero-order valence-corrected chi connectivity index (χ0v) is 28.0. The van der Waals surface area contributed by atoms with Gasteiger partial charge in [0.25, 0.3) is 0 Å². The van der Waals surface area contributed by atoms with Crippen LogP contribution in [0.3, 0.4) is 0 Å². The van der Waals surface area contributed by atoms with Crippen LogP contribution < -0.4 is 10.6 Å². The van der Waals surface area contributed by atoms with Crippen molar-refractivity contribution in [2.75, 3.05) is 6.61 Å². The standard InChI is InChI=1S/C31H50BFN2O11/c1-9-23-19(6)29(46-26(40)13-18(5)43-21(8)37)28(35-25(39)12-17(4)42-20(7)36)31(45-23)41-14-22-10-15(2)27(30(32)44-22)34-24(38)11-16(3)33/h15-19,22-23,27-31H,9-14H2,1-8H3,(H,34,38)(H,35,39)/t15-,16+,17+,18+,19+,22?,23?,27?,28?,29-,30-,31+/m0/s1/i10D/t10-,15-,16+,17+,18+,19+,22?,23?,27?,28?,29-,30-,31+. The fraction of sp³-hybridized carbons (Fsp3) is 0.839. The Kier molecular flexibility index (Phi) is 15.2. The summed E-state index contributed by atoms with van der Waals surface area (Å²) in [5, 5.41) is 5.48. The first-order valence-electron chi connectivity index (χ1n) is 16.4. The van der Waals surface area contributed by atoms with E-state index in [1.54, 1.807) is 27.7 Å². The number of carbonyl (C=O) groups excluding carboxylic acids is 5. The van der Waals surface area contributed by atoms with E-state index >= 15 is 0 Å². The molecule has 46 heavy (non-hydrogen) atoms. The van der Waals surface area contributed by atoms with Crippen LogP contribution in [0.25, 0.3) is 0 Å². The smallest absolute Gasteiger partial charge is 0.309 e. The first-order valence-corrected chi connectivity index (χ1v) is 15.8. The molecule has 2 aliphatic rings. The summed E-state index contributed by atoms with van der Waals surface area (Å²) in [4.78, 5) is 61.1. The Hall–Kier alpha value is -2.78. The predicted molar refractivity (Wildman–Crippen MR) is 163 cm³/mol. The van der Waals surface area contributed by atoms with E-state index in [1.165, 1.54) is 20.8 Å². The quantitative estimate of drug-likeness (QED) is 0.150. The van der Waals surface area contributed by atoms with E-state index < -0.39 is 109 Å². The average Bonchev–Trinajstić information content (AvgIpc) is 2.93. The lowest BCUT2D eigenvalue weighted by Crippen LogP contribution is -2.63. The van der Waals surface area contributed by atoms with Crippen molar-refractivity contribution >= 4 is 37.6 Å². The van der Waals surface area contributed by atoms with Crippen LogP contribution in [0.1, 0.15) is 88.8 Å². The molecule has 0 spiro atoms. The topological polar surface area (TPSA) is 165 Å². The van der Waals surface area contributed by atoms with Crippen molar-refractivity contribution < 1.29 is 58.2 Å². The molecule has 0 aromatic heterocycles. The Bertz CT molecular complexity index is 1090. The fourth-order valence-corrected chi connectivity index (χ4v) is 5.69. The summed E-state index contributed by atoms with van der Waals surface area (Å²) >= 11 is 0. The normalized spacial score (nSPS) is 33.4. The van der Waals surface area contributed by atoms with Crippen molar-refractivity contribution in [3.63, 3.8) is 0 Å². The van der Waals surface area contributed by atoms with E-state index in [2.05, 4.69) is 10.6 Å². The van der Waals surface area contributed by atoms with Crippen molar-refractivity contribution in [1.29, 1.82) is 0 Å². The SMILES string of the molecule is [2H][C@@H]1C(CO[C@@H]2OC(CC)[C@@H](C)[C@H](OC(=O)C[C@@H](C)OC(C)=O)C2NC(=O)C[C@@H](C)OC(C)=O)O[C@H]([B])C(NC(=O)C[C@@H](C)F)[C@H]1C. The minimum absolute atomic E-state index is 0.195. The Labute approximate surface area is 273 Å². The molecule has 13 nitrogen and oxygen atoms in total. The molecule has 2 radical (unpaired) electrons. The van der Waals surface area contributed by atoms with Gasteiger partial charge in [-0.2, -0.15) is 0 Å². The Morgan fingerprint density at radius 1 is 0.935 bits per heavy atom. The molecule has 2 heterocycles. The van der Waals surface area contributed by atoms with Crippen LogP contribution >= 0.6 is 0 Å². The summed E-state index contributed by atoms with van der Waals surface area (Å²) in [5.41, 5.74) is 0. The van der Waals surface area contributed by atoms with Crippen molar-refractivity contribution in [3.05, 3.63) is 0 Å². The van der Waals surface area contributed by atoms with Crippen LogP contribution in [-0.2, 0) is 52.4 Å². The monoisotopic (exact) mass is 657 g/mol. The summed E-state index contributed by atoms with van der Waals surface area (Å²) in [6.07, 6.45) is -7.47. The lowest BCUT2D eigenvalue weighted by molar-refractivity contribution is -0.263. The van der Waals surface area contributed by atoms with E-state index in [0.29, 0.717) is 6.42 Å². The van der Waals surface area contributed by atoms with Crippen molar-refractivity contribution in [1.82, 2.24) is 10.6 Å². The third kappa shape index (κ3) is 12.8. The van der Waals surface area contributed by atoms with E-state index in [0.717, 1.165) is 0 Å². The molecule has 0 bridgehead atoms. The minimum Gasteiger partial charge on any atom is -0.462 e. The maximum atomic E-state index is 13.3. The largest absolute Gasteiger partial charge is 0.462 e. The van der Waals surface area contributed by atoms with E-state index in [1.807, 2.05) is 6.92 Å². The summed E-state index contributed by atoms with van der Waals surface area (Å²) < 4.78 is 56.4. The number of amides is 2. The van der Waals surface area contributed by atoms with Gasteiger partial charge in [0.2, 0.25) is 11.8 Å². The molecule has 2 amide bonds. The van der Waals surface area contributed by atoms with Crippen LogP contribution in [-0.4, -0.2) is 105 Å². The highest BCUT2D eigenvalue weighted by molar-refractivity contribution is 6.11. The molecule has 2 N–H and O–H groups in total.